The number of ether oxygens (including phenoxy) is 3. The highest BCUT2D eigenvalue weighted by Gasteiger charge is 2.62. The van der Waals surface area contributed by atoms with Gasteiger partial charge < -0.3 is 24.2 Å². The van der Waals surface area contributed by atoms with Gasteiger partial charge in [0, 0.05) is 76.4 Å². The van der Waals surface area contributed by atoms with Crippen molar-refractivity contribution in [3.63, 3.8) is 0 Å². The van der Waals surface area contributed by atoms with Crippen LogP contribution < -0.4 is 4.74 Å². The minimum Gasteiger partial charge on any atom is -0.496 e. The zero-order valence-electron chi connectivity index (χ0n) is 31.4. The molecule has 0 spiro atoms. The Morgan fingerprint density at radius 1 is 1.02 bits per heavy atom. The van der Waals surface area contributed by atoms with Crippen molar-refractivity contribution in [3.05, 3.63) is 76.1 Å². The molecule has 4 fully saturated rings. The molecule has 3 saturated heterocycles. The molecular weight excluding hydrogens is 652 g/mol. The van der Waals surface area contributed by atoms with Crippen molar-refractivity contribution in [2.24, 2.45) is 23.7 Å². The fourth-order valence-electron chi connectivity index (χ4n) is 12.1. The van der Waals surface area contributed by atoms with E-state index in [2.05, 4.69) is 83.1 Å². The van der Waals surface area contributed by atoms with Crippen LogP contribution in [0.4, 0.5) is 0 Å². The maximum Gasteiger partial charge on any atom is 0.319 e. The van der Waals surface area contributed by atoms with E-state index >= 15 is 0 Å². The molecule has 10 rings (SSSR count). The van der Waals surface area contributed by atoms with Crippen LogP contribution in [0.1, 0.15) is 73.5 Å². The third kappa shape index (κ3) is 4.67. The van der Waals surface area contributed by atoms with Gasteiger partial charge in [-0.3, -0.25) is 19.4 Å². The molecule has 0 radical (unpaired) electrons. The van der Waals surface area contributed by atoms with E-state index in [9.17, 15) is 9.59 Å². The number of aromatic amines is 2. The van der Waals surface area contributed by atoms with E-state index in [0.29, 0.717) is 11.8 Å². The molecule has 9 heteroatoms. The molecule has 6 bridgehead atoms. The Morgan fingerprint density at radius 2 is 1.85 bits per heavy atom. The number of aromatic nitrogens is 2. The first-order valence-electron chi connectivity index (χ1n) is 19.3. The molecule has 4 aromatic rings. The number of benzene rings is 2. The second kappa shape index (κ2) is 12.5. The highest BCUT2D eigenvalue weighted by molar-refractivity contribution is 5.93. The number of carbonyl (C=O) groups excluding carboxylic acids is 2. The van der Waals surface area contributed by atoms with Crippen molar-refractivity contribution >= 4 is 33.7 Å². The van der Waals surface area contributed by atoms with Crippen LogP contribution in [0.25, 0.3) is 21.8 Å². The first kappa shape index (κ1) is 33.7. The summed E-state index contributed by atoms with van der Waals surface area (Å²) >= 11 is 0. The van der Waals surface area contributed by atoms with Crippen LogP contribution in [-0.2, 0) is 37.3 Å². The quantitative estimate of drug-likeness (QED) is 0.181. The van der Waals surface area contributed by atoms with Gasteiger partial charge in [-0.1, -0.05) is 43.2 Å². The van der Waals surface area contributed by atoms with Gasteiger partial charge in [-0.25, -0.2) is 0 Å². The molecule has 52 heavy (non-hydrogen) atoms. The fraction of sp³-hybridized carbons (Fsp3) is 0.535. The van der Waals surface area contributed by atoms with Crippen molar-refractivity contribution in [3.8, 4) is 5.75 Å². The van der Waals surface area contributed by atoms with E-state index in [1.165, 1.54) is 41.3 Å². The predicted molar refractivity (Wildman–Crippen MR) is 202 cm³/mol. The molecule has 2 aromatic carbocycles. The molecule has 2 aromatic heterocycles. The Hall–Kier alpha value is -4.08. The molecule has 0 amide bonds. The van der Waals surface area contributed by atoms with Gasteiger partial charge in [-0.2, -0.15) is 0 Å². The number of piperidine rings is 3. The summed E-state index contributed by atoms with van der Waals surface area (Å²) in [6.45, 7) is 7.17. The first-order valence-corrected chi connectivity index (χ1v) is 19.3. The number of fused-ring (bicyclic) bond motifs is 9. The van der Waals surface area contributed by atoms with E-state index in [-0.39, 0.29) is 41.8 Å². The van der Waals surface area contributed by atoms with Crippen LogP contribution in [0.3, 0.4) is 0 Å². The minimum atomic E-state index is -0.725. The van der Waals surface area contributed by atoms with Crippen molar-refractivity contribution in [1.82, 2.24) is 19.8 Å². The van der Waals surface area contributed by atoms with Crippen LogP contribution >= 0.6 is 0 Å². The van der Waals surface area contributed by atoms with Gasteiger partial charge in [0.05, 0.1) is 27.2 Å². The molecular formula is C43H52N4O5. The van der Waals surface area contributed by atoms with E-state index in [1.54, 1.807) is 14.2 Å². The highest BCUT2D eigenvalue weighted by Crippen LogP contribution is 2.56. The number of nitrogens with one attached hydrogen (secondary N) is 2. The molecule has 274 valence electrons. The number of allylic oxidation sites excluding steroid dienone is 1. The zero-order valence-corrected chi connectivity index (χ0v) is 31.4. The van der Waals surface area contributed by atoms with E-state index in [4.69, 9.17) is 14.2 Å². The SMILES string of the molecule is C/C=C1/CN(C)[C@H]2Cc3c([nH]c4ccccc34)[C@H](c3cc4[nH]c5c(c4cc3OC)CCN3C[C@@H]4C[C@H](CC)[C@H]3[C@@]5(C(=O)OC)C4)C[C@@H]1[C@@H]2C(=O)OC. The zero-order chi connectivity index (χ0) is 36.1. The molecule has 6 heterocycles. The maximum absolute atomic E-state index is 14.2. The average molecular weight is 705 g/mol. The largest absolute Gasteiger partial charge is 0.496 e. The summed E-state index contributed by atoms with van der Waals surface area (Å²) in [7, 11) is 6.99. The number of hydrogen-bond acceptors (Lipinski definition) is 7. The van der Waals surface area contributed by atoms with Gasteiger partial charge in [0.15, 0.2) is 0 Å². The van der Waals surface area contributed by atoms with Crippen molar-refractivity contribution in [1.29, 1.82) is 0 Å². The summed E-state index contributed by atoms with van der Waals surface area (Å²) < 4.78 is 17.6. The van der Waals surface area contributed by atoms with E-state index in [1.807, 2.05) is 0 Å². The van der Waals surface area contributed by atoms with E-state index in [0.717, 1.165) is 85.2 Å². The number of nitrogens with zero attached hydrogens (tertiary/aromatic N) is 2. The summed E-state index contributed by atoms with van der Waals surface area (Å²) in [4.78, 5) is 40.8. The summed E-state index contributed by atoms with van der Waals surface area (Å²) in [6, 6.07) is 13.2. The Balaban J connectivity index is 1.27. The second-order valence-corrected chi connectivity index (χ2v) is 16.3. The van der Waals surface area contributed by atoms with Gasteiger partial charge in [-0.15, -0.1) is 0 Å². The molecule has 9 atom stereocenters. The Morgan fingerprint density at radius 3 is 2.60 bits per heavy atom. The maximum atomic E-state index is 14.2. The normalized spacial score (nSPS) is 33.2. The molecule has 9 nitrogen and oxygen atoms in total. The minimum absolute atomic E-state index is 0.00122. The average Bonchev–Trinajstić information content (AvgIpc) is 3.69. The monoisotopic (exact) mass is 704 g/mol. The Kier molecular flexibility index (Phi) is 8.12. The third-order valence-corrected chi connectivity index (χ3v) is 14.1. The number of rotatable bonds is 5. The molecule has 1 unspecified atom stereocenters. The van der Waals surface area contributed by atoms with Crippen LogP contribution in [-0.4, -0.2) is 91.8 Å². The summed E-state index contributed by atoms with van der Waals surface area (Å²) in [5.74, 6) is 1.11. The lowest BCUT2D eigenvalue weighted by Gasteiger charge is -2.57. The van der Waals surface area contributed by atoms with Crippen LogP contribution in [0, 0.1) is 23.7 Å². The number of carbonyl (C=O) groups is 2. The number of para-hydroxylation sites is 1. The lowest BCUT2D eigenvalue weighted by molar-refractivity contribution is -0.162. The highest BCUT2D eigenvalue weighted by atomic mass is 16.5. The summed E-state index contributed by atoms with van der Waals surface area (Å²) in [5, 5.41) is 2.32. The van der Waals surface area contributed by atoms with E-state index < -0.39 is 5.41 Å². The second-order valence-electron chi connectivity index (χ2n) is 16.3. The topological polar surface area (TPSA) is 99.9 Å². The molecule has 1 saturated carbocycles. The van der Waals surface area contributed by atoms with Crippen molar-refractivity contribution in [2.75, 3.05) is 48.0 Å². The van der Waals surface area contributed by atoms with Crippen LogP contribution in [0.15, 0.2) is 48.0 Å². The van der Waals surface area contributed by atoms with Crippen LogP contribution in [0.2, 0.25) is 0 Å². The van der Waals surface area contributed by atoms with Gasteiger partial charge >= 0.3 is 11.9 Å². The van der Waals surface area contributed by atoms with Gasteiger partial charge in [0.25, 0.3) is 0 Å². The predicted octanol–water partition coefficient (Wildman–Crippen LogP) is 6.49. The number of likely N-dealkylation sites (tertiary alicyclic amines) is 1. The molecule has 4 aliphatic heterocycles. The number of likely N-dealkylation sites (N-methyl/N-ethyl adjacent to an activating group) is 1. The Labute approximate surface area is 306 Å². The Bertz CT molecular complexity index is 2110. The number of hydrogen-bond donors (Lipinski definition) is 2. The summed E-state index contributed by atoms with van der Waals surface area (Å²) in [6.07, 6.45) is 7.59. The molecule has 2 aliphatic carbocycles. The first-order chi connectivity index (χ1) is 25.3. The van der Waals surface area contributed by atoms with Crippen molar-refractivity contribution < 1.29 is 23.8 Å². The van der Waals surface area contributed by atoms with Gasteiger partial charge in [0.2, 0.25) is 0 Å². The molecule has 2 N–H and O–H groups in total. The number of esters is 2. The smallest absolute Gasteiger partial charge is 0.319 e. The fourth-order valence-corrected chi connectivity index (χ4v) is 12.1. The lowest BCUT2D eigenvalue weighted by Crippen LogP contribution is -2.67. The molecule has 6 aliphatic rings. The third-order valence-electron chi connectivity index (χ3n) is 14.1. The lowest BCUT2D eigenvalue weighted by atomic mass is 9.56. The number of methoxy groups -OCH3 is 3. The van der Waals surface area contributed by atoms with Crippen LogP contribution in [0.5, 0.6) is 5.75 Å². The number of H-pyrrole nitrogens is 2. The summed E-state index contributed by atoms with van der Waals surface area (Å²) in [5.41, 5.74) is 8.48. The standard InChI is InChI=1S/C43H52N4O5/c1-7-24-15-23-20-43(42(49)52-6)39-27(13-14-47(21-23)40(24)43)29-19-36(50-4)30(17-34(29)45-39)31-16-28-25(8-2)22-46(3)35(37(28)41(48)51-5)18-32-26-11-9-10-12-33(26)44-38(31)32/h8-12,17,19,23-24,28,31,35,37,40,44-45H,7,13-16,18,20-22H2,1-6H3/b25-8-/t23-,24+,28+,31+,35+,37+,40+,43-/m1/s1. The van der Waals surface area contributed by atoms with Gasteiger partial charge in [0.1, 0.15) is 11.2 Å². The van der Waals surface area contributed by atoms with Gasteiger partial charge in [-0.05, 0) is 93.2 Å². The van der Waals surface area contributed by atoms with Crippen molar-refractivity contribution in [2.45, 2.75) is 75.8 Å².